The minimum atomic E-state index is -0.301. The SMILES string of the molecule is CCCCOc1ccc(-c2ccc(C)cn2)c(F)c1. The van der Waals surface area contributed by atoms with Gasteiger partial charge in [0, 0.05) is 17.8 Å². The molecule has 19 heavy (non-hydrogen) atoms. The number of aromatic nitrogens is 1. The summed E-state index contributed by atoms with van der Waals surface area (Å²) in [5.74, 6) is 0.271. The van der Waals surface area contributed by atoms with Crippen LogP contribution in [-0.4, -0.2) is 11.6 Å². The molecule has 0 atom stereocenters. The van der Waals surface area contributed by atoms with Crippen molar-refractivity contribution < 1.29 is 9.13 Å². The number of halogens is 1. The molecule has 2 rings (SSSR count). The van der Waals surface area contributed by atoms with Crippen molar-refractivity contribution >= 4 is 0 Å². The summed E-state index contributed by atoms with van der Waals surface area (Å²) >= 11 is 0. The predicted octanol–water partition coefficient (Wildman–Crippen LogP) is 4.38. The summed E-state index contributed by atoms with van der Waals surface area (Å²) in [4.78, 5) is 4.23. The van der Waals surface area contributed by atoms with Gasteiger partial charge in [-0.3, -0.25) is 4.98 Å². The number of aryl methyl sites for hydroxylation is 1. The lowest BCUT2D eigenvalue weighted by Gasteiger charge is -2.08. The molecule has 0 spiro atoms. The van der Waals surface area contributed by atoms with Crippen molar-refractivity contribution in [3.05, 3.63) is 47.9 Å². The molecule has 2 nitrogen and oxygen atoms in total. The van der Waals surface area contributed by atoms with Crippen molar-refractivity contribution in [2.24, 2.45) is 0 Å². The Morgan fingerprint density at radius 2 is 2.05 bits per heavy atom. The number of pyridine rings is 1. The van der Waals surface area contributed by atoms with Gasteiger partial charge < -0.3 is 4.74 Å². The van der Waals surface area contributed by atoms with E-state index in [-0.39, 0.29) is 5.82 Å². The Kier molecular flexibility index (Phi) is 4.50. The van der Waals surface area contributed by atoms with Gasteiger partial charge in [-0.15, -0.1) is 0 Å². The first-order chi connectivity index (χ1) is 9.20. The Morgan fingerprint density at radius 3 is 2.68 bits per heavy atom. The molecule has 0 radical (unpaired) electrons. The van der Waals surface area contributed by atoms with Gasteiger partial charge in [0.25, 0.3) is 0 Å². The lowest BCUT2D eigenvalue weighted by Crippen LogP contribution is -1.97. The Hall–Kier alpha value is -1.90. The molecule has 0 aliphatic heterocycles. The van der Waals surface area contributed by atoms with Gasteiger partial charge in [-0.05, 0) is 37.1 Å². The van der Waals surface area contributed by atoms with Gasteiger partial charge in [-0.25, -0.2) is 4.39 Å². The average molecular weight is 259 g/mol. The van der Waals surface area contributed by atoms with Gasteiger partial charge in [0.1, 0.15) is 11.6 Å². The maximum Gasteiger partial charge on any atom is 0.136 e. The first-order valence-corrected chi connectivity index (χ1v) is 6.56. The Bertz CT molecular complexity index is 537. The summed E-state index contributed by atoms with van der Waals surface area (Å²) in [5.41, 5.74) is 2.20. The number of rotatable bonds is 5. The van der Waals surface area contributed by atoms with Gasteiger partial charge in [0.05, 0.1) is 12.3 Å². The normalized spacial score (nSPS) is 10.5. The molecule has 2 aromatic rings. The van der Waals surface area contributed by atoms with Crippen molar-refractivity contribution in [2.75, 3.05) is 6.61 Å². The second-order valence-corrected chi connectivity index (χ2v) is 4.56. The van der Waals surface area contributed by atoms with Crippen LogP contribution in [0.2, 0.25) is 0 Å². The van der Waals surface area contributed by atoms with Gasteiger partial charge in [0.2, 0.25) is 0 Å². The van der Waals surface area contributed by atoms with Crippen LogP contribution >= 0.6 is 0 Å². The van der Waals surface area contributed by atoms with E-state index in [0.717, 1.165) is 18.4 Å². The summed E-state index contributed by atoms with van der Waals surface area (Å²) in [6.07, 6.45) is 3.77. The van der Waals surface area contributed by atoms with Crippen LogP contribution in [0.1, 0.15) is 25.3 Å². The zero-order valence-corrected chi connectivity index (χ0v) is 11.3. The molecule has 3 heteroatoms. The number of unbranched alkanes of at least 4 members (excludes halogenated alkanes) is 1. The summed E-state index contributed by atoms with van der Waals surface area (Å²) in [5, 5.41) is 0. The maximum atomic E-state index is 14.0. The highest BCUT2D eigenvalue weighted by Crippen LogP contribution is 2.25. The topological polar surface area (TPSA) is 22.1 Å². The number of hydrogen-bond donors (Lipinski definition) is 0. The molecule has 0 unspecified atom stereocenters. The summed E-state index contributed by atoms with van der Waals surface area (Å²) in [6, 6.07) is 8.68. The molecule has 0 bridgehead atoms. The molecule has 1 aromatic carbocycles. The molecule has 0 saturated carbocycles. The second-order valence-electron chi connectivity index (χ2n) is 4.56. The quantitative estimate of drug-likeness (QED) is 0.744. The monoisotopic (exact) mass is 259 g/mol. The van der Waals surface area contributed by atoms with E-state index in [1.54, 1.807) is 18.3 Å². The smallest absolute Gasteiger partial charge is 0.136 e. The molecule has 1 aromatic heterocycles. The van der Waals surface area contributed by atoms with Crippen molar-refractivity contribution in [3.8, 4) is 17.0 Å². The number of ether oxygens (including phenoxy) is 1. The highest BCUT2D eigenvalue weighted by Gasteiger charge is 2.07. The van der Waals surface area contributed by atoms with E-state index in [2.05, 4.69) is 11.9 Å². The third-order valence-electron chi connectivity index (χ3n) is 2.89. The van der Waals surface area contributed by atoms with E-state index in [0.29, 0.717) is 23.6 Å². The fourth-order valence-corrected chi connectivity index (χ4v) is 1.75. The third-order valence-corrected chi connectivity index (χ3v) is 2.89. The molecule has 0 aliphatic carbocycles. The van der Waals surface area contributed by atoms with Crippen LogP contribution in [0.4, 0.5) is 4.39 Å². The first kappa shape index (κ1) is 13.5. The molecular weight excluding hydrogens is 241 g/mol. The van der Waals surface area contributed by atoms with E-state index >= 15 is 0 Å². The van der Waals surface area contributed by atoms with E-state index in [9.17, 15) is 4.39 Å². The second kappa shape index (κ2) is 6.32. The maximum absolute atomic E-state index is 14.0. The summed E-state index contributed by atoms with van der Waals surface area (Å²) in [7, 11) is 0. The van der Waals surface area contributed by atoms with Crippen LogP contribution in [0, 0.1) is 12.7 Å². The van der Waals surface area contributed by atoms with Gasteiger partial charge >= 0.3 is 0 Å². The van der Waals surface area contributed by atoms with Crippen molar-refractivity contribution in [1.29, 1.82) is 0 Å². The van der Waals surface area contributed by atoms with Crippen LogP contribution in [-0.2, 0) is 0 Å². The van der Waals surface area contributed by atoms with E-state index < -0.39 is 0 Å². The number of nitrogens with zero attached hydrogens (tertiary/aromatic N) is 1. The third kappa shape index (κ3) is 3.53. The molecule has 0 fully saturated rings. The largest absolute Gasteiger partial charge is 0.493 e. The average Bonchev–Trinajstić information content (AvgIpc) is 2.41. The fraction of sp³-hybridized carbons (Fsp3) is 0.312. The van der Waals surface area contributed by atoms with Gasteiger partial charge in [0.15, 0.2) is 0 Å². The molecular formula is C16H18FNO. The number of hydrogen-bond acceptors (Lipinski definition) is 2. The van der Waals surface area contributed by atoms with E-state index in [1.165, 1.54) is 6.07 Å². The minimum absolute atomic E-state index is 0.301. The van der Waals surface area contributed by atoms with Crippen molar-refractivity contribution in [1.82, 2.24) is 4.98 Å². The Morgan fingerprint density at radius 1 is 1.21 bits per heavy atom. The van der Waals surface area contributed by atoms with Crippen LogP contribution < -0.4 is 4.74 Å². The van der Waals surface area contributed by atoms with Crippen molar-refractivity contribution in [3.63, 3.8) is 0 Å². The summed E-state index contributed by atoms with van der Waals surface area (Å²) < 4.78 is 19.5. The first-order valence-electron chi connectivity index (χ1n) is 6.56. The molecule has 1 heterocycles. The molecule has 0 amide bonds. The van der Waals surface area contributed by atoms with Crippen molar-refractivity contribution in [2.45, 2.75) is 26.7 Å². The van der Waals surface area contributed by atoms with Gasteiger partial charge in [-0.2, -0.15) is 0 Å². The zero-order valence-electron chi connectivity index (χ0n) is 11.3. The zero-order chi connectivity index (χ0) is 13.7. The number of benzene rings is 1. The summed E-state index contributed by atoms with van der Waals surface area (Å²) in [6.45, 7) is 4.67. The highest BCUT2D eigenvalue weighted by atomic mass is 19.1. The minimum Gasteiger partial charge on any atom is -0.493 e. The molecule has 0 saturated heterocycles. The van der Waals surface area contributed by atoms with Crippen LogP contribution in [0.15, 0.2) is 36.5 Å². The Balaban J connectivity index is 2.17. The fourth-order valence-electron chi connectivity index (χ4n) is 1.75. The molecule has 100 valence electrons. The molecule has 0 N–H and O–H groups in total. The predicted molar refractivity (Wildman–Crippen MR) is 74.8 cm³/mol. The Labute approximate surface area is 113 Å². The lowest BCUT2D eigenvalue weighted by molar-refractivity contribution is 0.308. The van der Waals surface area contributed by atoms with Crippen LogP contribution in [0.25, 0.3) is 11.3 Å². The van der Waals surface area contributed by atoms with E-state index in [1.807, 2.05) is 19.1 Å². The molecule has 0 aliphatic rings. The highest BCUT2D eigenvalue weighted by molar-refractivity contribution is 5.61. The van der Waals surface area contributed by atoms with Gasteiger partial charge in [-0.1, -0.05) is 19.4 Å². The van der Waals surface area contributed by atoms with E-state index in [4.69, 9.17) is 4.74 Å². The van der Waals surface area contributed by atoms with Crippen LogP contribution in [0.3, 0.4) is 0 Å². The standard InChI is InChI=1S/C16H18FNO/c1-3-4-9-19-13-6-7-14(15(17)10-13)16-8-5-12(2)11-18-16/h5-8,10-11H,3-4,9H2,1-2H3. The van der Waals surface area contributed by atoms with Crippen LogP contribution in [0.5, 0.6) is 5.75 Å². The lowest BCUT2D eigenvalue weighted by atomic mass is 10.1.